The summed E-state index contributed by atoms with van der Waals surface area (Å²) in [5.41, 5.74) is 11.4. The Kier molecular flexibility index (Phi) is 26.1. The number of hydrogen-bond donors (Lipinski definition) is 0. The van der Waals surface area contributed by atoms with Crippen molar-refractivity contribution in [2.45, 2.75) is 105 Å². The van der Waals surface area contributed by atoms with Crippen LogP contribution in [-0.2, 0) is 18.9 Å². The highest BCUT2D eigenvalue weighted by atomic mass is 16.6. The Labute approximate surface area is 726 Å². The summed E-state index contributed by atoms with van der Waals surface area (Å²) in [7, 11) is 9.79. The predicted octanol–water partition coefficient (Wildman–Crippen LogP) is 26.4. The van der Waals surface area contributed by atoms with Gasteiger partial charge in [0.15, 0.2) is 0 Å². The fourth-order valence-corrected chi connectivity index (χ4v) is 14.1. The molecule has 20 nitrogen and oxygen atoms in total. The van der Waals surface area contributed by atoms with Gasteiger partial charge in [-0.3, -0.25) is 0 Å². The molecule has 0 aliphatic carbocycles. The Balaban J connectivity index is 1.07. The average Bonchev–Trinajstić information content (AvgIpc) is 0.758. The van der Waals surface area contributed by atoms with Gasteiger partial charge in [0.05, 0.1) is 99.0 Å². The molecule has 20 heteroatoms. The number of nitrogens with zero attached hydrogens (tertiary/aromatic N) is 6. The first-order chi connectivity index (χ1) is 59.2. The normalized spacial score (nSPS) is 11.4. The smallest absolute Gasteiger partial charge is 0.338 e. The molecule has 0 unspecified atom stereocenters. The molecule has 13 aromatic carbocycles. The molecule has 634 valence electrons. The van der Waals surface area contributed by atoms with E-state index in [1.54, 1.807) is 91.2 Å². The van der Waals surface area contributed by atoms with Crippen LogP contribution >= 0.6 is 0 Å². The summed E-state index contributed by atoms with van der Waals surface area (Å²) in [5, 5.41) is 0. The van der Waals surface area contributed by atoms with Gasteiger partial charge in [-0.05, 0) is 386 Å². The first-order valence-corrected chi connectivity index (χ1v) is 40.6. The molecule has 0 amide bonds. The van der Waals surface area contributed by atoms with Crippen LogP contribution in [0.2, 0.25) is 0 Å². The minimum Gasteiger partial charge on any atom is -0.497 e. The van der Waals surface area contributed by atoms with E-state index < -0.39 is 46.3 Å². The van der Waals surface area contributed by atoms with Crippen LogP contribution in [0.5, 0.6) is 34.5 Å². The molecule has 124 heavy (non-hydrogen) atoms. The molecule has 0 aliphatic rings. The second-order valence-electron chi connectivity index (χ2n) is 33.3. The Hall–Kier alpha value is -14.7. The van der Waals surface area contributed by atoms with Crippen LogP contribution in [-0.4, -0.2) is 88.9 Å². The Morgan fingerprint density at radius 1 is 0.169 bits per heavy atom. The van der Waals surface area contributed by atoms with Gasteiger partial charge in [-0.1, -0.05) is 0 Å². The summed E-state index contributed by atoms with van der Waals surface area (Å²) < 4.78 is 58.4. The molecule has 0 saturated carbocycles. The van der Waals surface area contributed by atoms with Gasteiger partial charge in [-0.15, -0.1) is 0 Å². The molecule has 0 N–H and O–H groups in total. The van der Waals surface area contributed by atoms with Crippen LogP contribution < -0.4 is 57.8 Å². The van der Waals surface area contributed by atoms with E-state index in [9.17, 15) is 19.2 Å². The van der Waals surface area contributed by atoms with E-state index >= 15 is 0 Å². The monoisotopic (exact) mass is 1660 g/mol. The number of carbonyl (C=O) groups excluding carboxylic acids is 4. The van der Waals surface area contributed by atoms with Gasteiger partial charge in [-0.25, -0.2) is 19.2 Å². The molecule has 13 aromatic rings. The van der Waals surface area contributed by atoms with Crippen molar-refractivity contribution in [3.63, 3.8) is 0 Å². The maximum Gasteiger partial charge on any atom is 0.338 e. The summed E-state index contributed by atoms with van der Waals surface area (Å²) >= 11 is 0. The van der Waals surface area contributed by atoms with Crippen LogP contribution in [0.3, 0.4) is 0 Å². The van der Waals surface area contributed by atoms with Crippen molar-refractivity contribution >= 4 is 126 Å². The lowest BCUT2D eigenvalue weighted by atomic mass is 10.1. The van der Waals surface area contributed by atoms with E-state index in [1.165, 1.54) is 0 Å². The van der Waals surface area contributed by atoms with E-state index in [2.05, 4.69) is 90.1 Å². The number of anilines is 18. The van der Waals surface area contributed by atoms with Crippen LogP contribution in [0.25, 0.3) is 0 Å². The standard InChI is InChI=1S/C104H104N6O14/c1-101(2,3)121-97(111)69-19-27-73(28-20-69)105(79-39-51-91(115-13)52-40-79)85-63-86(106(80-41-53-92(116-14)54-42-80)74-29-21-70(22-30-74)98(112)122-102(4,5)6)66-89(65-85)109(83-47-59-95(119-17)60-48-83)77-35-37-78(38-36-77)110(84-49-61-96(120-18)62-50-84)90-67-87(107(81-43-55-93(117-15)56-44-81)75-31-23-71(24-32-75)99(113)123-103(7,8)9)64-88(68-90)108(82-45-57-94(118-16)58-46-82)76-33-25-72(26-34-76)100(114)124-104(10,11)12/h19-68H,1-18H3. The average molecular weight is 1660 g/mol. The van der Waals surface area contributed by atoms with Crippen LogP contribution in [0.1, 0.15) is 125 Å². The van der Waals surface area contributed by atoms with Crippen molar-refractivity contribution in [2.24, 2.45) is 0 Å². The van der Waals surface area contributed by atoms with E-state index in [4.69, 9.17) is 47.4 Å². The quantitative estimate of drug-likeness (QED) is 0.0333. The molecule has 0 spiro atoms. The number of esters is 4. The molecule has 0 fully saturated rings. The number of ether oxygens (including phenoxy) is 10. The molecule has 0 saturated heterocycles. The van der Waals surface area contributed by atoms with Crippen molar-refractivity contribution in [3.8, 4) is 34.5 Å². The van der Waals surface area contributed by atoms with Gasteiger partial charge < -0.3 is 76.8 Å². The molecule has 0 heterocycles. The minimum atomic E-state index is -0.746. The van der Waals surface area contributed by atoms with Crippen molar-refractivity contribution in [3.05, 3.63) is 326 Å². The fraction of sp³-hybridized carbons (Fsp3) is 0.212. The van der Waals surface area contributed by atoms with Crippen molar-refractivity contribution in [1.82, 2.24) is 0 Å². The van der Waals surface area contributed by atoms with Gasteiger partial charge in [0.2, 0.25) is 0 Å². The van der Waals surface area contributed by atoms with Gasteiger partial charge in [0.25, 0.3) is 0 Å². The first kappa shape index (κ1) is 87.2. The molecule has 0 bridgehead atoms. The Morgan fingerprint density at radius 3 is 0.379 bits per heavy atom. The largest absolute Gasteiger partial charge is 0.497 e. The summed E-state index contributed by atoms with van der Waals surface area (Å²) in [6.45, 7) is 22.1. The summed E-state index contributed by atoms with van der Waals surface area (Å²) in [6.07, 6.45) is 0. The van der Waals surface area contributed by atoms with Gasteiger partial charge in [0.1, 0.15) is 56.9 Å². The molecule has 13 rings (SSSR count). The zero-order valence-corrected chi connectivity index (χ0v) is 73.3. The SMILES string of the molecule is COc1ccc(N(c2ccc(C(=O)OC(C)(C)C)cc2)c2cc(N(c3ccc(OC)cc3)c3ccc(C(=O)OC(C)(C)C)cc3)cc(N(c3ccc(OC)cc3)c3ccc(N(c4ccc(OC)cc4)c4cc(N(c5ccc(OC)cc5)c5ccc(C(=O)OC(C)(C)C)cc5)cc(N(c5ccc(OC)cc5)c5ccc(C(=O)OC(C)(C)C)cc5)c4)cc3)c2)cc1. The number of benzene rings is 13. The first-order valence-electron chi connectivity index (χ1n) is 40.6. The molecular weight excluding hydrogens is 1560 g/mol. The van der Waals surface area contributed by atoms with Crippen LogP contribution in [0, 0.1) is 0 Å². The number of rotatable bonds is 28. The van der Waals surface area contributed by atoms with E-state index in [0.717, 1.165) is 45.5 Å². The zero-order valence-electron chi connectivity index (χ0n) is 73.3. The number of methoxy groups -OCH3 is 6. The zero-order chi connectivity index (χ0) is 88.4. The van der Waals surface area contributed by atoms with Gasteiger partial charge in [0, 0.05) is 68.2 Å². The maximum atomic E-state index is 13.8. The topological polar surface area (TPSA) is 180 Å². The second-order valence-corrected chi connectivity index (χ2v) is 33.3. The highest BCUT2D eigenvalue weighted by Gasteiger charge is 2.30. The molecular formula is C104H104N6O14. The van der Waals surface area contributed by atoms with Crippen LogP contribution in [0.15, 0.2) is 303 Å². The third kappa shape index (κ3) is 21.2. The molecule has 0 radical (unpaired) electrons. The van der Waals surface area contributed by atoms with Gasteiger partial charge in [-0.2, -0.15) is 0 Å². The fourth-order valence-electron chi connectivity index (χ4n) is 14.1. The maximum absolute atomic E-state index is 13.8. The molecule has 0 aliphatic heterocycles. The highest BCUT2D eigenvalue weighted by molar-refractivity contribution is 5.97. The third-order valence-corrected chi connectivity index (χ3v) is 19.7. The predicted molar refractivity (Wildman–Crippen MR) is 495 cm³/mol. The van der Waals surface area contributed by atoms with Gasteiger partial charge >= 0.3 is 23.9 Å². The van der Waals surface area contributed by atoms with Crippen molar-refractivity contribution < 1.29 is 66.5 Å². The third-order valence-electron chi connectivity index (χ3n) is 19.7. The van der Waals surface area contributed by atoms with E-state index in [0.29, 0.717) is 114 Å². The summed E-state index contributed by atoms with van der Waals surface area (Å²) in [6, 6.07) is 97.4. The lowest BCUT2D eigenvalue weighted by Crippen LogP contribution is -2.24. The molecule has 0 aromatic heterocycles. The highest BCUT2D eigenvalue weighted by Crippen LogP contribution is 2.51. The number of carbonyl (C=O) groups is 4. The summed E-state index contributed by atoms with van der Waals surface area (Å²) in [5.74, 6) is 1.99. The lowest BCUT2D eigenvalue weighted by molar-refractivity contribution is 0.00570. The minimum absolute atomic E-state index is 0.370. The number of hydrogen-bond acceptors (Lipinski definition) is 20. The Morgan fingerprint density at radius 2 is 0.274 bits per heavy atom. The lowest BCUT2D eigenvalue weighted by Gasteiger charge is -2.34. The molecule has 0 atom stereocenters. The second kappa shape index (κ2) is 37.1. The van der Waals surface area contributed by atoms with E-state index in [-0.39, 0.29) is 0 Å². The Bertz CT molecular complexity index is 5200. The van der Waals surface area contributed by atoms with Crippen LogP contribution in [0.4, 0.5) is 102 Å². The van der Waals surface area contributed by atoms with E-state index in [1.807, 2.05) is 277 Å². The summed E-state index contributed by atoms with van der Waals surface area (Å²) in [4.78, 5) is 68.2. The van der Waals surface area contributed by atoms with Crippen molar-refractivity contribution in [2.75, 3.05) is 72.1 Å². The van der Waals surface area contributed by atoms with Crippen molar-refractivity contribution in [1.29, 1.82) is 0 Å².